The molecule has 1 fully saturated rings. The molecule has 0 bridgehead atoms. The van der Waals surface area contributed by atoms with Gasteiger partial charge in [-0.05, 0) is 37.0 Å². The Hall–Kier alpha value is -1.59. The molecule has 19 heavy (non-hydrogen) atoms. The number of rotatable bonds is 4. The summed E-state index contributed by atoms with van der Waals surface area (Å²) in [6.45, 7) is 0.672. The molecular formula is C14H20N2O3. The second-order valence-electron chi connectivity index (χ2n) is 4.99. The third-order valence-electron chi connectivity index (χ3n) is 3.58. The molecule has 0 aliphatic carbocycles. The number of nitrogens with zero attached hydrogens (tertiary/aromatic N) is 1. The lowest BCUT2D eigenvalue weighted by Gasteiger charge is -2.26. The predicted octanol–water partition coefficient (Wildman–Crippen LogP) is 0.245. The third-order valence-corrected chi connectivity index (χ3v) is 3.58. The van der Waals surface area contributed by atoms with E-state index in [4.69, 9.17) is 5.73 Å². The summed E-state index contributed by atoms with van der Waals surface area (Å²) in [6.07, 6.45) is 2.20. The van der Waals surface area contributed by atoms with Crippen LogP contribution in [0.25, 0.3) is 0 Å². The number of likely N-dealkylation sites (tertiary alicyclic amines) is 1. The fourth-order valence-corrected chi connectivity index (χ4v) is 2.50. The van der Waals surface area contributed by atoms with Crippen molar-refractivity contribution in [1.82, 2.24) is 4.90 Å². The Balaban J connectivity index is 1.97. The summed E-state index contributed by atoms with van der Waals surface area (Å²) >= 11 is 0. The van der Waals surface area contributed by atoms with Crippen molar-refractivity contribution < 1.29 is 15.0 Å². The quantitative estimate of drug-likeness (QED) is 0.727. The van der Waals surface area contributed by atoms with Crippen LogP contribution in [-0.2, 0) is 11.2 Å². The number of phenols is 1. The monoisotopic (exact) mass is 264 g/mol. The highest BCUT2D eigenvalue weighted by Crippen LogP contribution is 2.18. The number of hydrogen-bond donors (Lipinski definition) is 3. The van der Waals surface area contributed by atoms with E-state index in [0.717, 1.165) is 18.4 Å². The average molecular weight is 264 g/mol. The van der Waals surface area contributed by atoms with Crippen LogP contribution in [0.2, 0.25) is 0 Å². The van der Waals surface area contributed by atoms with E-state index in [1.54, 1.807) is 29.2 Å². The maximum Gasteiger partial charge on any atom is 0.240 e. The van der Waals surface area contributed by atoms with E-state index >= 15 is 0 Å². The van der Waals surface area contributed by atoms with E-state index in [1.165, 1.54) is 0 Å². The van der Waals surface area contributed by atoms with Crippen molar-refractivity contribution in [3.05, 3.63) is 29.8 Å². The molecule has 0 spiro atoms. The molecule has 0 radical (unpaired) electrons. The van der Waals surface area contributed by atoms with Crippen molar-refractivity contribution in [1.29, 1.82) is 0 Å². The summed E-state index contributed by atoms with van der Waals surface area (Å²) in [5, 5.41) is 18.4. The second kappa shape index (κ2) is 6.04. The maximum atomic E-state index is 12.2. The molecule has 1 amide bonds. The van der Waals surface area contributed by atoms with Crippen LogP contribution >= 0.6 is 0 Å². The fourth-order valence-electron chi connectivity index (χ4n) is 2.50. The molecule has 1 heterocycles. The normalized spacial score (nSPS) is 20.5. The first-order valence-electron chi connectivity index (χ1n) is 6.56. The molecule has 0 aromatic heterocycles. The van der Waals surface area contributed by atoms with Crippen molar-refractivity contribution in [2.75, 3.05) is 13.2 Å². The van der Waals surface area contributed by atoms with Crippen molar-refractivity contribution in [3.8, 4) is 5.75 Å². The number of aromatic hydroxyl groups is 1. The van der Waals surface area contributed by atoms with Gasteiger partial charge in [-0.15, -0.1) is 0 Å². The molecule has 2 atom stereocenters. The Labute approximate surface area is 112 Å². The van der Waals surface area contributed by atoms with Gasteiger partial charge >= 0.3 is 0 Å². The number of aliphatic hydroxyl groups excluding tert-OH is 1. The highest BCUT2D eigenvalue weighted by molar-refractivity contribution is 5.82. The number of hydrogen-bond acceptors (Lipinski definition) is 4. The van der Waals surface area contributed by atoms with E-state index in [2.05, 4.69) is 0 Å². The number of benzene rings is 1. The number of amides is 1. The molecule has 1 aliphatic heterocycles. The van der Waals surface area contributed by atoms with Crippen LogP contribution in [0.5, 0.6) is 5.75 Å². The molecule has 1 aliphatic rings. The Morgan fingerprint density at radius 3 is 2.74 bits per heavy atom. The summed E-state index contributed by atoms with van der Waals surface area (Å²) in [4.78, 5) is 13.9. The van der Waals surface area contributed by atoms with Crippen molar-refractivity contribution in [2.45, 2.75) is 31.3 Å². The van der Waals surface area contributed by atoms with E-state index < -0.39 is 6.04 Å². The first-order chi connectivity index (χ1) is 9.11. The first kappa shape index (κ1) is 13.8. The van der Waals surface area contributed by atoms with Crippen LogP contribution in [0.15, 0.2) is 24.3 Å². The van der Waals surface area contributed by atoms with Crippen LogP contribution in [0.3, 0.4) is 0 Å². The molecule has 1 aromatic rings. The van der Waals surface area contributed by atoms with Crippen LogP contribution < -0.4 is 5.73 Å². The van der Waals surface area contributed by atoms with Crippen molar-refractivity contribution in [2.24, 2.45) is 5.73 Å². The first-order valence-corrected chi connectivity index (χ1v) is 6.56. The van der Waals surface area contributed by atoms with E-state index in [1.807, 2.05) is 0 Å². The zero-order valence-electron chi connectivity index (χ0n) is 10.8. The highest BCUT2D eigenvalue weighted by Gasteiger charge is 2.31. The molecule has 5 heteroatoms. The minimum atomic E-state index is -0.600. The van der Waals surface area contributed by atoms with E-state index in [-0.39, 0.29) is 24.3 Å². The van der Waals surface area contributed by atoms with Gasteiger partial charge in [0, 0.05) is 6.54 Å². The van der Waals surface area contributed by atoms with Gasteiger partial charge in [0.2, 0.25) is 5.91 Å². The van der Waals surface area contributed by atoms with Gasteiger partial charge in [-0.3, -0.25) is 4.79 Å². The van der Waals surface area contributed by atoms with Gasteiger partial charge in [-0.1, -0.05) is 12.1 Å². The van der Waals surface area contributed by atoms with E-state index in [9.17, 15) is 15.0 Å². The van der Waals surface area contributed by atoms with E-state index in [0.29, 0.717) is 13.0 Å². The molecule has 1 unspecified atom stereocenters. The van der Waals surface area contributed by atoms with Crippen LogP contribution in [0.1, 0.15) is 18.4 Å². The largest absolute Gasteiger partial charge is 0.508 e. The molecule has 2 rings (SSSR count). The van der Waals surface area contributed by atoms with Gasteiger partial charge in [-0.2, -0.15) is 0 Å². The number of nitrogens with two attached hydrogens (primary N) is 1. The van der Waals surface area contributed by atoms with Gasteiger partial charge in [0.25, 0.3) is 0 Å². The molecular weight excluding hydrogens is 244 g/mol. The van der Waals surface area contributed by atoms with Gasteiger partial charge in [0.15, 0.2) is 0 Å². The molecule has 104 valence electrons. The summed E-state index contributed by atoms with van der Waals surface area (Å²) in [5.41, 5.74) is 6.86. The number of carbonyl (C=O) groups excluding carboxylic acids is 1. The highest BCUT2D eigenvalue weighted by atomic mass is 16.3. The van der Waals surface area contributed by atoms with Gasteiger partial charge in [0.05, 0.1) is 18.7 Å². The number of carbonyl (C=O) groups is 1. The lowest BCUT2D eigenvalue weighted by atomic mass is 10.1. The number of phenolic OH excluding ortho intramolecular Hbond substituents is 1. The SMILES string of the molecule is NC(Cc1ccc(O)cc1)C(=O)N1CCC[C@H]1CO. The van der Waals surface area contributed by atoms with Crippen molar-refractivity contribution >= 4 is 5.91 Å². The summed E-state index contributed by atoms with van der Waals surface area (Å²) in [5.74, 6) is 0.0909. The minimum absolute atomic E-state index is 0.00231. The minimum Gasteiger partial charge on any atom is -0.508 e. The van der Waals surface area contributed by atoms with Crippen molar-refractivity contribution in [3.63, 3.8) is 0 Å². The second-order valence-corrected chi connectivity index (χ2v) is 4.99. The lowest BCUT2D eigenvalue weighted by molar-refractivity contribution is -0.134. The van der Waals surface area contributed by atoms with Gasteiger partial charge in [-0.25, -0.2) is 0 Å². The summed E-state index contributed by atoms with van der Waals surface area (Å²) in [7, 11) is 0. The maximum absolute atomic E-state index is 12.2. The Kier molecular flexibility index (Phi) is 4.39. The van der Waals surface area contributed by atoms with Crippen LogP contribution in [0.4, 0.5) is 0 Å². The standard InChI is InChI=1S/C14H20N2O3/c15-13(8-10-3-5-12(18)6-4-10)14(19)16-7-1-2-11(16)9-17/h3-6,11,13,17-18H,1-2,7-9,15H2/t11-,13?/m0/s1. The predicted molar refractivity (Wildman–Crippen MR) is 71.6 cm³/mol. The zero-order valence-corrected chi connectivity index (χ0v) is 10.8. The summed E-state index contributed by atoms with van der Waals surface area (Å²) < 4.78 is 0. The average Bonchev–Trinajstić information content (AvgIpc) is 2.88. The molecule has 1 aromatic carbocycles. The topological polar surface area (TPSA) is 86.8 Å². The summed E-state index contributed by atoms with van der Waals surface area (Å²) in [6, 6.07) is 6.00. The fraction of sp³-hybridized carbons (Fsp3) is 0.500. The smallest absolute Gasteiger partial charge is 0.240 e. The van der Waals surface area contributed by atoms with Crippen LogP contribution in [-0.4, -0.2) is 46.3 Å². The molecule has 5 nitrogen and oxygen atoms in total. The lowest BCUT2D eigenvalue weighted by Crippen LogP contribution is -2.47. The number of aliphatic hydroxyl groups is 1. The van der Waals surface area contributed by atoms with Gasteiger partial charge in [0.1, 0.15) is 5.75 Å². The molecule has 1 saturated heterocycles. The molecule has 4 N–H and O–H groups in total. The third kappa shape index (κ3) is 3.24. The Bertz CT molecular complexity index is 433. The van der Waals surface area contributed by atoms with Crippen LogP contribution in [0, 0.1) is 0 Å². The molecule has 0 saturated carbocycles. The zero-order chi connectivity index (χ0) is 13.8. The Morgan fingerprint density at radius 2 is 2.11 bits per heavy atom. The van der Waals surface area contributed by atoms with Gasteiger partial charge < -0.3 is 20.8 Å². The Morgan fingerprint density at radius 1 is 1.42 bits per heavy atom.